The van der Waals surface area contributed by atoms with Crippen LogP contribution in [0.25, 0.3) is 0 Å². The summed E-state index contributed by atoms with van der Waals surface area (Å²) in [6.45, 7) is 1.93. The molecule has 1 atom stereocenters. The van der Waals surface area contributed by atoms with Gasteiger partial charge in [0.2, 0.25) is 0 Å². The van der Waals surface area contributed by atoms with E-state index in [1.165, 1.54) is 11.3 Å². The van der Waals surface area contributed by atoms with Crippen LogP contribution in [-0.4, -0.2) is 4.21 Å². The number of aryl methyl sites for hydroxylation is 1. The third-order valence-electron chi connectivity index (χ3n) is 0.917. The molecule has 0 bridgehead atoms. The summed E-state index contributed by atoms with van der Waals surface area (Å²) in [5, 5.41) is 1.90. The smallest absolute Gasteiger partial charge is 0.0969 e. The van der Waals surface area contributed by atoms with E-state index in [0.717, 1.165) is 5.56 Å². The van der Waals surface area contributed by atoms with Gasteiger partial charge in [-0.2, -0.15) is 0 Å². The number of thiophene rings is 1. The molecule has 2 nitrogen and oxygen atoms in total. The van der Waals surface area contributed by atoms with Crippen LogP contribution in [0, 0.1) is 11.7 Å². The van der Waals surface area contributed by atoms with Crippen LogP contribution in [0.3, 0.4) is 0 Å². The zero-order valence-electron chi connectivity index (χ0n) is 4.92. The third kappa shape index (κ3) is 1.53. The summed E-state index contributed by atoms with van der Waals surface area (Å²) in [5.41, 5.74) is 1.09. The third-order valence-corrected chi connectivity index (χ3v) is 3.11. The minimum atomic E-state index is -1.86. The predicted molar refractivity (Wildman–Crippen MR) is 39.6 cm³/mol. The molecule has 0 aromatic carbocycles. The molecule has 0 aliphatic heterocycles. The Labute approximate surface area is 59.5 Å². The predicted octanol–water partition coefficient (Wildman–Crippen LogP) is 1.66. The summed E-state index contributed by atoms with van der Waals surface area (Å²) in [7, 11) is -1.86. The van der Waals surface area contributed by atoms with Crippen LogP contribution >= 0.6 is 11.3 Å². The second kappa shape index (κ2) is 2.49. The maximum absolute atomic E-state index is 10.5. The van der Waals surface area contributed by atoms with Crippen LogP contribution in [0.2, 0.25) is 0 Å². The van der Waals surface area contributed by atoms with Gasteiger partial charge in [-0.1, -0.05) is 0 Å². The number of hydrogen-bond acceptors (Lipinski definition) is 3. The van der Waals surface area contributed by atoms with Crippen molar-refractivity contribution in [2.75, 3.05) is 0 Å². The van der Waals surface area contributed by atoms with Crippen molar-refractivity contribution in [2.45, 2.75) is 11.1 Å². The summed E-state index contributed by atoms with van der Waals surface area (Å²) in [6, 6.07) is 1.79. The molecule has 0 aliphatic rings. The van der Waals surface area contributed by atoms with Gasteiger partial charge < -0.3 is 0 Å². The Morgan fingerprint density at radius 2 is 2.44 bits per heavy atom. The summed E-state index contributed by atoms with van der Waals surface area (Å²) >= 11 is 1.39. The van der Waals surface area contributed by atoms with Crippen molar-refractivity contribution in [3.8, 4) is 0 Å². The largest absolute Gasteiger partial charge is 0.251 e. The fraction of sp³-hybridized carbons (Fsp3) is 0.200. The Bertz CT molecular complexity index is 266. The second-order valence-corrected chi connectivity index (χ2v) is 4.04. The van der Waals surface area contributed by atoms with Gasteiger partial charge in [-0.25, -0.2) is 4.21 Å². The highest BCUT2D eigenvalue weighted by atomic mass is 32.2. The van der Waals surface area contributed by atoms with Crippen LogP contribution < -0.4 is 0 Å². The molecule has 0 fully saturated rings. The van der Waals surface area contributed by atoms with Gasteiger partial charge in [0, 0.05) is 0 Å². The van der Waals surface area contributed by atoms with E-state index >= 15 is 0 Å². The van der Waals surface area contributed by atoms with Crippen LogP contribution in [0.15, 0.2) is 15.7 Å². The maximum Gasteiger partial charge on any atom is 0.0969 e. The van der Waals surface area contributed by atoms with Crippen LogP contribution in [0.4, 0.5) is 0 Å². The molecule has 0 radical (unpaired) electrons. The van der Waals surface area contributed by atoms with E-state index in [1.807, 2.05) is 12.3 Å². The first kappa shape index (κ1) is 6.77. The highest BCUT2D eigenvalue weighted by Gasteiger charge is 1.93. The fourth-order valence-corrected chi connectivity index (χ4v) is 2.01. The molecule has 1 heterocycles. The SMILES string of the molecule is Cc1csc([SH](=N)=O)c1. The van der Waals surface area contributed by atoms with E-state index in [-0.39, 0.29) is 0 Å². The first-order chi connectivity index (χ1) is 4.20. The second-order valence-electron chi connectivity index (χ2n) is 1.76. The Morgan fingerprint density at radius 1 is 1.78 bits per heavy atom. The highest BCUT2D eigenvalue weighted by Crippen LogP contribution is 2.14. The van der Waals surface area contributed by atoms with Gasteiger partial charge in [0.15, 0.2) is 0 Å². The Morgan fingerprint density at radius 3 is 2.67 bits per heavy atom. The van der Waals surface area contributed by atoms with Crippen molar-refractivity contribution >= 4 is 21.9 Å². The highest BCUT2D eigenvalue weighted by molar-refractivity contribution is 7.76. The van der Waals surface area contributed by atoms with Crippen LogP contribution in [-0.2, 0) is 10.6 Å². The molecular weight excluding hydrogens is 154 g/mol. The van der Waals surface area contributed by atoms with Gasteiger partial charge in [-0.15, -0.1) is 11.3 Å². The van der Waals surface area contributed by atoms with E-state index < -0.39 is 10.6 Å². The monoisotopic (exact) mass is 161 g/mol. The average Bonchev–Trinajstić information content (AvgIpc) is 2.14. The first-order valence-corrected chi connectivity index (χ1v) is 4.57. The van der Waals surface area contributed by atoms with Gasteiger partial charge >= 0.3 is 0 Å². The number of nitrogens with one attached hydrogen (secondary N) is 1. The van der Waals surface area contributed by atoms with Crippen LogP contribution in [0.1, 0.15) is 5.56 Å². The van der Waals surface area contributed by atoms with E-state index in [9.17, 15) is 4.21 Å². The molecule has 0 saturated carbocycles. The summed E-state index contributed by atoms with van der Waals surface area (Å²) in [5.74, 6) is 0. The van der Waals surface area contributed by atoms with Gasteiger partial charge in [0.1, 0.15) is 0 Å². The Hall–Kier alpha value is -0.350. The lowest BCUT2D eigenvalue weighted by atomic mass is 10.4. The van der Waals surface area contributed by atoms with E-state index in [1.54, 1.807) is 6.07 Å². The summed E-state index contributed by atoms with van der Waals surface area (Å²) in [4.78, 5) is 0. The Balaban J connectivity index is 3.12. The molecule has 1 aromatic rings. The minimum absolute atomic E-state index is 0.669. The molecule has 1 aromatic heterocycles. The molecule has 4 heteroatoms. The molecule has 0 saturated heterocycles. The topological polar surface area (TPSA) is 40.9 Å². The van der Waals surface area contributed by atoms with Crippen molar-refractivity contribution in [2.24, 2.45) is 0 Å². The molecule has 0 spiro atoms. The van der Waals surface area contributed by atoms with E-state index in [4.69, 9.17) is 4.78 Å². The molecule has 1 N–H and O–H groups in total. The molecular formula is C5H7NOS2. The summed E-state index contributed by atoms with van der Waals surface area (Å²) in [6.07, 6.45) is 0. The quantitative estimate of drug-likeness (QED) is 0.604. The van der Waals surface area contributed by atoms with Gasteiger partial charge in [0.05, 0.1) is 14.8 Å². The standard InChI is InChI=1S/C5H7NOS2/c1-4-2-5(8-3-4)9(6)7/h2-3,6,9H,1H3. The van der Waals surface area contributed by atoms with Crippen molar-refractivity contribution in [1.82, 2.24) is 0 Å². The van der Waals surface area contributed by atoms with Gasteiger partial charge in [-0.05, 0) is 23.9 Å². The molecule has 0 amide bonds. The van der Waals surface area contributed by atoms with Crippen molar-refractivity contribution < 1.29 is 4.21 Å². The zero-order chi connectivity index (χ0) is 6.85. The average molecular weight is 161 g/mol. The minimum Gasteiger partial charge on any atom is -0.251 e. The maximum atomic E-state index is 10.5. The molecule has 1 rings (SSSR count). The van der Waals surface area contributed by atoms with Crippen molar-refractivity contribution in [3.05, 3.63) is 17.0 Å². The molecule has 1 unspecified atom stereocenters. The number of thiol groups is 1. The molecule has 0 aliphatic carbocycles. The van der Waals surface area contributed by atoms with Crippen molar-refractivity contribution in [1.29, 1.82) is 4.78 Å². The van der Waals surface area contributed by atoms with E-state index in [0.29, 0.717) is 4.21 Å². The van der Waals surface area contributed by atoms with Crippen molar-refractivity contribution in [3.63, 3.8) is 0 Å². The molecule has 50 valence electrons. The van der Waals surface area contributed by atoms with Crippen LogP contribution in [0.5, 0.6) is 0 Å². The number of rotatable bonds is 1. The lowest BCUT2D eigenvalue weighted by Gasteiger charge is -1.76. The first-order valence-electron chi connectivity index (χ1n) is 2.44. The fourth-order valence-electron chi connectivity index (χ4n) is 0.523. The lowest BCUT2D eigenvalue weighted by molar-refractivity contribution is 0.688. The lowest BCUT2D eigenvalue weighted by Crippen LogP contribution is -1.65. The summed E-state index contributed by atoms with van der Waals surface area (Å²) < 4.78 is 18.0. The molecule has 9 heavy (non-hydrogen) atoms. The normalized spacial score (nSPS) is 13.4. The Kier molecular flexibility index (Phi) is 1.87. The number of hydrogen-bond donors (Lipinski definition) is 2. The zero-order valence-corrected chi connectivity index (χ0v) is 6.63. The van der Waals surface area contributed by atoms with E-state index in [2.05, 4.69) is 0 Å². The van der Waals surface area contributed by atoms with Gasteiger partial charge in [0.25, 0.3) is 0 Å². The van der Waals surface area contributed by atoms with Gasteiger partial charge in [-0.3, -0.25) is 4.78 Å².